The third-order valence-electron chi connectivity index (χ3n) is 7.28. The summed E-state index contributed by atoms with van der Waals surface area (Å²) in [6, 6.07) is 12.3. The van der Waals surface area contributed by atoms with Gasteiger partial charge in [-0.25, -0.2) is 4.68 Å². The molecule has 1 aromatic carbocycles. The van der Waals surface area contributed by atoms with Crippen molar-refractivity contribution in [2.75, 3.05) is 44.2 Å². The molecular weight excluding hydrogens is 454 g/mol. The molecular formula is C28H41N5O3. The molecule has 36 heavy (non-hydrogen) atoms. The van der Waals surface area contributed by atoms with E-state index >= 15 is 0 Å². The minimum atomic E-state index is -0.0610. The van der Waals surface area contributed by atoms with Gasteiger partial charge in [-0.3, -0.25) is 14.5 Å². The maximum Gasteiger partial charge on any atom is 0.268 e. The van der Waals surface area contributed by atoms with Gasteiger partial charge in [0.1, 0.15) is 0 Å². The van der Waals surface area contributed by atoms with Crippen LogP contribution in [0.5, 0.6) is 0 Å². The number of carbonyl (C=O) groups excluding carboxylic acids is 1. The number of hydrogen-bond acceptors (Lipinski definition) is 6. The van der Waals surface area contributed by atoms with Crippen molar-refractivity contribution >= 4 is 11.6 Å². The van der Waals surface area contributed by atoms with E-state index in [1.54, 1.807) is 12.3 Å². The van der Waals surface area contributed by atoms with Crippen LogP contribution in [0.2, 0.25) is 0 Å². The largest absolute Gasteiger partial charge is 0.378 e. The Kier molecular flexibility index (Phi) is 9.93. The van der Waals surface area contributed by atoms with Crippen LogP contribution in [0.1, 0.15) is 51.0 Å². The molecule has 0 radical (unpaired) electrons. The maximum atomic E-state index is 12.6. The zero-order valence-electron chi connectivity index (χ0n) is 21.6. The highest BCUT2D eigenvalue weighted by atomic mass is 16.5. The first-order chi connectivity index (χ1) is 17.6. The van der Waals surface area contributed by atoms with Gasteiger partial charge in [-0.15, -0.1) is 0 Å². The van der Waals surface area contributed by atoms with E-state index in [9.17, 15) is 9.59 Å². The molecule has 2 aliphatic rings. The topological polar surface area (TPSA) is 79.7 Å². The first-order valence-electron chi connectivity index (χ1n) is 13.6. The molecule has 1 amide bonds. The van der Waals surface area contributed by atoms with E-state index in [0.717, 1.165) is 76.9 Å². The molecule has 0 aliphatic carbocycles. The number of piperidine rings is 2. The van der Waals surface area contributed by atoms with Crippen molar-refractivity contribution in [3.8, 4) is 0 Å². The highest BCUT2D eigenvalue weighted by molar-refractivity contribution is 5.78. The number of hydrogen-bond donors (Lipinski definition) is 1. The Morgan fingerprint density at radius 3 is 2.53 bits per heavy atom. The molecule has 1 N–H and O–H groups in total. The second-order valence-electron chi connectivity index (χ2n) is 10.0. The van der Waals surface area contributed by atoms with Crippen LogP contribution in [0.4, 0.5) is 5.69 Å². The van der Waals surface area contributed by atoms with Crippen LogP contribution in [0, 0.1) is 5.92 Å². The molecule has 2 saturated heterocycles. The van der Waals surface area contributed by atoms with Crippen LogP contribution < -0.4 is 15.8 Å². The van der Waals surface area contributed by atoms with Gasteiger partial charge in [0.25, 0.3) is 5.56 Å². The Morgan fingerprint density at radius 2 is 1.83 bits per heavy atom. The average Bonchev–Trinajstić information content (AvgIpc) is 2.91. The monoisotopic (exact) mass is 495 g/mol. The third-order valence-corrected chi connectivity index (χ3v) is 7.28. The van der Waals surface area contributed by atoms with Gasteiger partial charge < -0.3 is 15.0 Å². The summed E-state index contributed by atoms with van der Waals surface area (Å²) in [6.45, 7) is 8.71. The van der Waals surface area contributed by atoms with Crippen molar-refractivity contribution in [1.29, 1.82) is 0 Å². The first kappa shape index (κ1) is 26.4. The van der Waals surface area contributed by atoms with Crippen molar-refractivity contribution in [2.24, 2.45) is 5.92 Å². The number of aromatic nitrogens is 2. The Morgan fingerprint density at radius 1 is 1.08 bits per heavy atom. The van der Waals surface area contributed by atoms with Gasteiger partial charge in [0.2, 0.25) is 5.91 Å². The van der Waals surface area contributed by atoms with Crippen molar-refractivity contribution in [3.05, 3.63) is 58.5 Å². The zero-order chi connectivity index (χ0) is 25.2. The summed E-state index contributed by atoms with van der Waals surface area (Å²) >= 11 is 0. The summed E-state index contributed by atoms with van der Waals surface area (Å²) in [6.07, 6.45) is 7.55. The predicted octanol–water partition coefficient (Wildman–Crippen LogP) is 3.06. The fourth-order valence-corrected chi connectivity index (χ4v) is 5.13. The quantitative estimate of drug-likeness (QED) is 0.483. The fraction of sp³-hybridized carbons (Fsp3) is 0.607. The SMILES string of the molecule is CCCn1ncc(N2CCC(C(=O)NCCCOC3CCN(Cc4ccccc4)CC3)CC2)cc1=O. The maximum absolute atomic E-state index is 12.6. The van der Waals surface area contributed by atoms with E-state index in [-0.39, 0.29) is 17.4 Å². The van der Waals surface area contributed by atoms with Crippen LogP contribution >= 0.6 is 0 Å². The second-order valence-corrected chi connectivity index (χ2v) is 10.0. The van der Waals surface area contributed by atoms with E-state index in [4.69, 9.17) is 4.74 Å². The number of benzene rings is 1. The molecule has 2 aliphatic heterocycles. The predicted molar refractivity (Wildman–Crippen MR) is 142 cm³/mol. The van der Waals surface area contributed by atoms with Gasteiger partial charge in [-0.1, -0.05) is 37.3 Å². The van der Waals surface area contributed by atoms with Gasteiger partial charge in [0.05, 0.1) is 18.0 Å². The molecule has 8 nitrogen and oxygen atoms in total. The zero-order valence-corrected chi connectivity index (χ0v) is 21.6. The van der Waals surface area contributed by atoms with Gasteiger partial charge in [0, 0.05) is 64.4 Å². The van der Waals surface area contributed by atoms with Gasteiger partial charge in [-0.2, -0.15) is 5.10 Å². The fourth-order valence-electron chi connectivity index (χ4n) is 5.13. The Balaban J connectivity index is 1.07. The molecule has 2 fully saturated rings. The molecule has 0 bridgehead atoms. The number of nitrogens with one attached hydrogen (secondary N) is 1. The van der Waals surface area contributed by atoms with E-state index in [1.807, 2.05) is 6.92 Å². The Labute approximate surface area is 214 Å². The van der Waals surface area contributed by atoms with Gasteiger partial charge >= 0.3 is 0 Å². The van der Waals surface area contributed by atoms with Crippen molar-refractivity contribution in [1.82, 2.24) is 20.0 Å². The Hall–Kier alpha value is -2.71. The van der Waals surface area contributed by atoms with Gasteiger partial charge in [0.15, 0.2) is 0 Å². The van der Waals surface area contributed by atoms with Gasteiger partial charge in [-0.05, 0) is 44.1 Å². The average molecular weight is 496 g/mol. The number of anilines is 1. The number of carbonyl (C=O) groups is 1. The van der Waals surface area contributed by atoms with Crippen LogP contribution in [0.15, 0.2) is 47.4 Å². The number of likely N-dealkylation sites (tertiary alicyclic amines) is 1. The summed E-state index contributed by atoms with van der Waals surface area (Å²) in [7, 11) is 0. The summed E-state index contributed by atoms with van der Waals surface area (Å²) in [5.74, 6) is 0.171. The first-order valence-corrected chi connectivity index (χ1v) is 13.6. The van der Waals surface area contributed by atoms with Crippen LogP contribution in [0.25, 0.3) is 0 Å². The normalized spacial score (nSPS) is 17.9. The number of amides is 1. The number of ether oxygens (including phenoxy) is 1. The lowest BCUT2D eigenvalue weighted by Crippen LogP contribution is -2.41. The molecule has 0 atom stereocenters. The van der Waals surface area contributed by atoms with Crippen molar-refractivity contribution in [3.63, 3.8) is 0 Å². The van der Waals surface area contributed by atoms with Crippen molar-refractivity contribution < 1.29 is 9.53 Å². The smallest absolute Gasteiger partial charge is 0.268 e. The number of nitrogens with zero attached hydrogens (tertiary/aromatic N) is 4. The molecule has 196 valence electrons. The molecule has 0 saturated carbocycles. The summed E-state index contributed by atoms with van der Waals surface area (Å²) in [5.41, 5.74) is 2.16. The molecule has 3 heterocycles. The van der Waals surface area contributed by atoms with E-state index in [2.05, 4.69) is 50.5 Å². The van der Waals surface area contributed by atoms with E-state index in [0.29, 0.717) is 25.8 Å². The van der Waals surface area contributed by atoms with E-state index < -0.39 is 0 Å². The summed E-state index contributed by atoms with van der Waals surface area (Å²) in [4.78, 5) is 29.5. The lowest BCUT2D eigenvalue weighted by atomic mass is 9.95. The van der Waals surface area contributed by atoms with Crippen LogP contribution in [-0.2, 0) is 22.6 Å². The molecule has 1 aromatic heterocycles. The molecule has 2 aromatic rings. The second kappa shape index (κ2) is 13.6. The highest BCUT2D eigenvalue weighted by Crippen LogP contribution is 2.22. The standard InChI is InChI=1S/C28H41N5O3/c1-2-14-33-27(34)20-25(21-30-33)32-17-9-24(10-18-32)28(35)29-13-6-19-36-26-11-15-31(16-12-26)22-23-7-4-3-5-8-23/h3-5,7-8,20-21,24,26H,2,6,9-19,22H2,1H3,(H,29,35). The van der Waals surface area contributed by atoms with Crippen molar-refractivity contribution in [2.45, 2.75) is 64.6 Å². The third kappa shape index (κ3) is 7.64. The number of aryl methyl sites for hydroxylation is 1. The molecule has 0 spiro atoms. The molecule has 4 rings (SSSR count). The highest BCUT2D eigenvalue weighted by Gasteiger charge is 2.25. The van der Waals surface area contributed by atoms with Crippen LogP contribution in [-0.4, -0.2) is 66.0 Å². The summed E-state index contributed by atoms with van der Waals surface area (Å²) in [5, 5.41) is 7.38. The van der Waals surface area contributed by atoms with Crippen LogP contribution in [0.3, 0.4) is 0 Å². The van der Waals surface area contributed by atoms with E-state index in [1.165, 1.54) is 10.2 Å². The Bertz CT molecular complexity index is 996. The summed E-state index contributed by atoms with van der Waals surface area (Å²) < 4.78 is 7.59. The molecule has 0 unspecified atom stereocenters. The molecule has 8 heteroatoms. The number of rotatable bonds is 11. The minimum absolute atomic E-state index is 0.0320. The lowest BCUT2D eigenvalue weighted by Gasteiger charge is -2.33. The lowest BCUT2D eigenvalue weighted by molar-refractivity contribution is -0.125. The minimum Gasteiger partial charge on any atom is -0.378 e.